The van der Waals surface area contributed by atoms with Crippen LogP contribution < -0.4 is 0 Å². The molecule has 0 aromatic heterocycles. The lowest BCUT2D eigenvalue weighted by atomic mass is 9.86. The molecule has 1 aromatic carbocycles. The van der Waals surface area contributed by atoms with Gasteiger partial charge >= 0.3 is 0 Å². The molecule has 0 aliphatic rings. The van der Waals surface area contributed by atoms with E-state index in [9.17, 15) is 10.1 Å². The maximum atomic E-state index is 10.6. The number of rotatable bonds is 1. The number of benzene rings is 1. The van der Waals surface area contributed by atoms with Crippen LogP contribution in [0.2, 0.25) is 0 Å². The van der Waals surface area contributed by atoms with Crippen molar-refractivity contribution >= 4 is 5.69 Å². The molecule has 0 radical (unpaired) electrons. The number of nitro groups is 1. The van der Waals surface area contributed by atoms with Crippen LogP contribution in [-0.2, 0) is 5.41 Å². The van der Waals surface area contributed by atoms with Gasteiger partial charge in [-0.3, -0.25) is 10.1 Å². The Hall–Kier alpha value is -1.38. The smallest absolute Gasteiger partial charge is 0.258 e. The van der Waals surface area contributed by atoms with E-state index in [-0.39, 0.29) is 16.0 Å². The number of nitro benzene ring substituents is 1. The van der Waals surface area contributed by atoms with Crippen LogP contribution in [0.4, 0.5) is 5.69 Å². The van der Waals surface area contributed by atoms with E-state index in [1.165, 1.54) is 0 Å². The molecule has 3 nitrogen and oxygen atoms in total. The second kappa shape index (κ2) is 3.40. The SMILES string of the molecule is Cc1cc(C(C)(C)C)ccc1[N+](=O)[O-]. The first kappa shape index (κ1) is 10.7. The molecule has 0 unspecified atom stereocenters. The fourth-order valence-corrected chi connectivity index (χ4v) is 1.33. The Bertz CT molecular complexity index is 364. The van der Waals surface area contributed by atoms with Gasteiger partial charge in [-0.15, -0.1) is 0 Å². The third-order valence-electron chi connectivity index (χ3n) is 2.26. The number of hydrogen-bond acceptors (Lipinski definition) is 2. The molecule has 1 rings (SSSR count). The number of nitrogens with zero attached hydrogens (tertiary/aromatic N) is 1. The van der Waals surface area contributed by atoms with E-state index in [4.69, 9.17) is 0 Å². The molecule has 76 valence electrons. The average molecular weight is 193 g/mol. The van der Waals surface area contributed by atoms with Crippen molar-refractivity contribution in [3.05, 3.63) is 39.4 Å². The Morgan fingerprint density at radius 2 is 1.86 bits per heavy atom. The highest BCUT2D eigenvalue weighted by Gasteiger charge is 2.17. The molecule has 0 saturated heterocycles. The first-order valence-corrected chi connectivity index (χ1v) is 4.58. The van der Waals surface area contributed by atoms with E-state index in [0.717, 1.165) is 11.1 Å². The third-order valence-corrected chi connectivity index (χ3v) is 2.26. The predicted octanol–water partition coefficient (Wildman–Crippen LogP) is 3.20. The molecule has 3 heteroatoms. The van der Waals surface area contributed by atoms with Gasteiger partial charge in [-0.25, -0.2) is 0 Å². The predicted molar refractivity (Wildman–Crippen MR) is 56.5 cm³/mol. The summed E-state index contributed by atoms with van der Waals surface area (Å²) in [4.78, 5) is 10.2. The Labute approximate surface area is 83.9 Å². The molecule has 0 bridgehead atoms. The lowest BCUT2D eigenvalue weighted by Crippen LogP contribution is -2.11. The van der Waals surface area contributed by atoms with Crippen LogP contribution >= 0.6 is 0 Å². The van der Waals surface area contributed by atoms with Gasteiger partial charge in [-0.2, -0.15) is 0 Å². The molecule has 0 fully saturated rings. The molecule has 0 N–H and O–H groups in total. The van der Waals surface area contributed by atoms with Gasteiger partial charge in [-0.05, 0) is 24.0 Å². The van der Waals surface area contributed by atoms with Crippen LogP contribution in [0.3, 0.4) is 0 Å². The zero-order valence-corrected chi connectivity index (χ0v) is 9.00. The fraction of sp³-hybridized carbons (Fsp3) is 0.455. The van der Waals surface area contributed by atoms with Crippen molar-refractivity contribution in [2.24, 2.45) is 0 Å². The molecule has 0 spiro atoms. The molecule has 1 aromatic rings. The lowest BCUT2D eigenvalue weighted by Gasteiger charge is -2.19. The van der Waals surface area contributed by atoms with Crippen LogP contribution in [0.25, 0.3) is 0 Å². The van der Waals surface area contributed by atoms with Gasteiger partial charge in [0.15, 0.2) is 0 Å². The average Bonchev–Trinajstić information content (AvgIpc) is 2.01. The topological polar surface area (TPSA) is 43.1 Å². The van der Waals surface area contributed by atoms with Crippen LogP contribution in [0, 0.1) is 17.0 Å². The fourth-order valence-electron chi connectivity index (χ4n) is 1.33. The summed E-state index contributed by atoms with van der Waals surface area (Å²) in [5.41, 5.74) is 2.08. The molecule has 0 heterocycles. The largest absolute Gasteiger partial charge is 0.272 e. The minimum absolute atomic E-state index is 0.0416. The Balaban J connectivity index is 3.20. The normalized spacial score (nSPS) is 11.4. The van der Waals surface area contributed by atoms with Crippen molar-refractivity contribution in [2.45, 2.75) is 33.1 Å². The van der Waals surface area contributed by atoms with Crippen molar-refractivity contribution in [3.63, 3.8) is 0 Å². The van der Waals surface area contributed by atoms with Crippen molar-refractivity contribution < 1.29 is 4.92 Å². The highest BCUT2D eigenvalue weighted by atomic mass is 16.6. The highest BCUT2D eigenvalue weighted by molar-refractivity contribution is 5.43. The van der Waals surface area contributed by atoms with Crippen LogP contribution in [0.15, 0.2) is 18.2 Å². The zero-order valence-electron chi connectivity index (χ0n) is 9.00. The second-order valence-electron chi connectivity index (χ2n) is 4.51. The van der Waals surface area contributed by atoms with E-state index in [1.807, 2.05) is 12.1 Å². The summed E-state index contributed by atoms with van der Waals surface area (Å²) in [7, 11) is 0. The van der Waals surface area contributed by atoms with Gasteiger partial charge in [0.05, 0.1) is 4.92 Å². The lowest BCUT2D eigenvalue weighted by molar-refractivity contribution is -0.385. The van der Waals surface area contributed by atoms with E-state index < -0.39 is 0 Å². The summed E-state index contributed by atoms with van der Waals surface area (Å²) in [5.74, 6) is 0. The molecule has 0 amide bonds. The molecule has 0 atom stereocenters. The minimum Gasteiger partial charge on any atom is -0.258 e. The zero-order chi connectivity index (χ0) is 10.9. The van der Waals surface area contributed by atoms with Gasteiger partial charge < -0.3 is 0 Å². The van der Waals surface area contributed by atoms with Gasteiger partial charge in [0.2, 0.25) is 0 Å². The maximum Gasteiger partial charge on any atom is 0.272 e. The molecule has 0 aliphatic carbocycles. The Morgan fingerprint density at radius 1 is 1.29 bits per heavy atom. The van der Waals surface area contributed by atoms with Crippen LogP contribution in [-0.4, -0.2) is 4.92 Å². The molecule has 14 heavy (non-hydrogen) atoms. The van der Waals surface area contributed by atoms with Gasteiger partial charge in [-0.1, -0.05) is 26.8 Å². The summed E-state index contributed by atoms with van der Waals surface area (Å²) in [6.45, 7) is 8.04. The second-order valence-corrected chi connectivity index (χ2v) is 4.51. The standard InChI is InChI=1S/C11H15NO2/c1-8-7-9(11(2,3)4)5-6-10(8)12(13)14/h5-7H,1-4H3. The highest BCUT2D eigenvalue weighted by Crippen LogP contribution is 2.27. The van der Waals surface area contributed by atoms with Crippen molar-refractivity contribution in [3.8, 4) is 0 Å². The molecule has 0 aliphatic heterocycles. The van der Waals surface area contributed by atoms with Gasteiger partial charge in [0, 0.05) is 11.6 Å². The van der Waals surface area contributed by atoms with E-state index in [1.54, 1.807) is 13.0 Å². The molecular weight excluding hydrogens is 178 g/mol. The number of aryl methyl sites for hydroxylation is 1. The Kier molecular flexibility index (Phi) is 2.60. The maximum absolute atomic E-state index is 10.6. The summed E-state index contributed by atoms with van der Waals surface area (Å²) in [5, 5.41) is 10.6. The summed E-state index contributed by atoms with van der Waals surface area (Å²) in [6, 6.07) is 5.29. The summed E-state index contributed by atoms with van der Waals surface area (Å²) in [6.07, 6.45) is 0. The first-order chi connectivity index (χ1) is 6.32. The monoisotopic (exact) mass is 193 g/mol. The molecule has 0 saturated carbocycles. The Morgan fingerprint density at radius 3 is 2.21 bits per heavy atom. The minimum atomic E-state index is -0.345. The van der Waals surface area contributed by atoms with Crippen molar-refractivity contribution in [1.29, 1.82) is 0 Å². The van der Waals surface area contributed by atoms with E-state index in [2.05, 4.69) is 20.8 Å². The van der Waals surface area contributed by atoms with Crippen LogP contribution in [0.5, 0.6) is 0 Å². The van der Waals surface area contributed by atoms with Crippen molar-refractivity contribution in [1.82, 2.24) is 0 Å². The van der Waals surface area contributed by atoms with E-state index in [0.29, 0.717) is 0 Å². The van der Waals surface area contributed by atoms with E-state index >= 15 is 0 Å². The quantitative estimate of drug-likeness (QED) is 0.507. The third kappa shape index (κ3) is 2.10. The number of hydrogen-bond donors (Lipinski definition) is 0. The van der Waals surface area contributed by atoms with Crippen molar-refractivity contribution in [2.75, 3.05) is 0 Å². The first-order valence-electron chi connectivity index (χ1n) is 4.58. The summed E-state index contributed by atoms with van der Waals surface area (Å²) >= 11 is 0. The van der Waals surface area contributed by atoms with Gasteiger partial charge in [0.1, 0.15) is 0 Å². The summed E-state index contributed by atoms with van der Waals surface area (Å²) < 4.78 is 0. The van der Waals surface area contributed by atoms with Crippen LogP contribution in [0.1, 0.15) is 31.9 Å². The van der Waals surface area contributed by atoms with Gasteiger partial charge in [0.25, 0.3) is 5.69 Å². The molecular formula is C11H15NO2.